The first-order valence-corrected chi connectivity index (χ1v) is 6.19. The number of nitrogens with two attached hydrogens (primary N) is 1. The number of aryl methyl sites for hydroxylation is 2. The molecule has 1 aromatic heterocycles. The summed E-state index contributed by atoms with van der Waals surface area (Å²) in [5.74, 6) is 0.856. The van der Waals surface area contributed by atoms with E-state index in [1.807, 2.05) is 0 Å². The Balaban J connectivity index is 2.36. The van der Waals surface area contributed by atoms with Crippen LogP contribution in [0.15, 0.2) is 6.07 Å². The average Bonchev–Trinajstić information content (AvgIpc) is 2.71. The van der Waals surface area contributed by atoms with Crippen molar-refractivity contribution in [2.24, 2.45) is 5.73 Å². The van der Waals surface area contributed by atoms with Crippen molar-refractivity contribution in [1.29, 1.82) is 0 Å². The molecule has 0 aliphatic heterocycles. The van der Waals surface area contributed by atoms with Crippen molar-refractivity contribution < 1.29 is 0 Å². The molecule has 3 nitrogen and oxygen atoms in total. The molecule has 0 bridgehead atoms. The summed E-state index contributed by atoms with van der Waals surface area (Å²) in [6.07, 6.45) is 4.44. The highest BCUT2D eigenvalue weighted by molar-refractivity contribution is 7.80. The highest BCUT2D eigenvalue weighted by Crippen LogP contribution is 2.25. The van der Waals surface area contributed by atoms with Gasteiger partial charge in [-0.3, -0.25) is 0 Å². The maximum absolute atomic E-state index is 5.73. The Bertz CT molecular complexity index is 415. The molecule has 4 heteroatoms. The monoisotopic (exact) mass is 235 g/mol. The predicted octanol–water partition coefficient (Wildman–Crippen LogP) is 2.03. The van der Waals surface area contributed by atoms with E-state index in [1.165, 1.54) is 17.7 Å². The van der Waals surface area contributed by atoms with Crippen LogP contribution in [0.4, 0.5) is 5.82 Å². The minimum absolute atomic E-state index is 0.431. The van der Waals surface area contributed by atoms with Gasteiger partial charge in [0.25, 0.3) is 0 Å². The Morgan fingerprint density at radius 1 is 1.56 bits per heavy atom. The van der Waals surface area contributed by atoms with Crippen molar-refractivity contribution in [3.05, 3.63) is 22.9 Å². The molecule has 2 rings (SSSR count). The van der Waals surface area contributed by atoms with Gasteiger partial charge in [-0.2, -0.15) is 0 Å². The number of fused-ring (bicyclic) bond motifs is 1. The second-order valence-corrected chi connectivity index (χ2v) is 4.57. The van der Waals surface area contributed by atoms with E-state index in [1.54, 1.807) is 0 Å². The van der Waals surface area contributed by atoms with Crippen LogP contribution < -0.4 is 11.1 Å². The fourth-order valence-electron chi connectivity index (χ4n) is 2.04. The summed E-state index contributed by atoms with van der Waals surface area (Å²) in [6, 6.07) is 2.11. The van der Waals surface area contributed by atoms with Gasteiger partial charge in [0.15, 0.2) is 0 Å². The van der Waals surface area contributed by atoms with Crippen LogP contribution in [0.5, 0.6) is 0 Å². The lowest BCUT2D eigenvalue weighted by Gasteiger charge is -2.11. The van der Waals surface area contributed by atoms with Crippen LogP contribution in [0.3, 0.4) is 0 Å². The normalized spacial score (nSPS) is 13.6. The van der Waals surface area contributed by atoms with Crippen molar-refractivity contribution >= 4 is 23.0 Å². The summed E-state index contributed by atoms with van der Waals surface area (Å²) >= 11 is 5.07. The molecule has 0 spiro atoms. The third-order valence-corrected chi connectivity index (χ3v) is 3.08. The van der Waals surface area contributed by atoms with Crippen molar-refractivity contribution in [2.45, 2.75) is 32.6 Å². The Labute approximate surface area is 101 Å². The van der Waals surface area contributed by atoms with Crippen LogP contribution in [0, 0.1) is 0 Å². The van der Waals surface area contributed by atoms with Gasteiger partial charge in [-0.25, -0.2) is 4.98 Å². The van der Waals surface area contributed by atoms with Gasteiger partial charge in [0.2, 0.25) is 0 Å². The highest BCUT2D eigenvalue weighted by atomic mass is 32.1. The molecule has 0 saturated carbocycles. The van der Waals surface area contributed by atoms with E-state index in [0.717, 1.165) is 37.2 Å². The molecule has 0 radical (unpaired) electrons. The molecular weight excluding hydrogens is 218 g/mol. The summed E-state index contributed by atoms with van der Waals surface area (Å²) in [5, 5.41) is 3.30. The van der Waals surface area contributed by atoms with Crippen molar-refractivity contribution in [1.82, 2.24) is 4.98 Å². The Morgan fingerprint density at radius 3 is 3.06 bits per heavy atom. The molecule has 0 saturated heterocycles. The SMILES string of the molecule is CCCNc1nc2c(cc1C(N)=S)CCC2. The molecule has 1 aliphatic rings. The first-order chi connectivity index (χ1) is 7.72. The fraction of sp³-hybridized carbons (Fsp3) is 0.500. The summed E-state index contributed by atoms with van der Waals surface area (Å²) < 4.78 is 0. The maximum atomic E-state index is 5.73. The zero-order valence-corrected chi connectivity index (χ0v) is 10.4. The molecule has 0 aromatic carbocycles. The number of aromatic nitrogens is 1. The molecule has 0 fully saturated rings. The highest BCUT2D eigenvalue weighted by Gasteiger charge is 2.17. The second kappa shape index (κ2) is 4.78. The molecule has 86 valence electrons. The lowest BCUT2D eigenvalue weighted by Crippen LogP contribution is -2.16. The maximum Gasteiger partial charge on any atom is 0.136 e. The van der Waals surface area contributed by atoms with Crippen LogP contribution in [0.25, 0.3) is 0 Å². The van der Waals surface area contributed by atoms with Crippen molar-refractivity contribution in [2.75, 3.05) is 11.9 Å². The first kappa shape index (κ1) is 11.3. The Kier molecular flexibility index (Phi) is 3.39. The van der Waals surface area contributed by atoms with Gasteiger partial charge in [0.1, 0.15) is 10.8 Å². The third kappa shape index (κ3) is 2.16. The molecule has 1 heterocycles. The van der Waals surface area contributed by atoms with E-state index in [-0.39, 0.29) is 0 Å². The van der Waals surface area contributed by atoms with Gasteiger partial charge in [0, 0.05) is 12.2 Å². The summed E-state index contributed by atoms with van der Waals surface area (Å²) in [6.45, 7) is 3.03. The van der Waals surface area contributed by atoms with E-state index in [2.05, 4.69) is 23.3 Å². The molecule has 1 aliphatic carbocycles. The van der Waals surface area contributed by atoms with Gasteiger partial charge in [-0.15, -0.1) is 0 Å². The minimum atomic E-state index is 0.431. The summed E-state index contributed by atoms with van der Waals surface area (Å²) in [5.41, 5.74) is 9.14. The fourth-order valence-corrected chi connectivity index (χ4v) is 2.19. The molecule has 3 N–H and O–H groups in total. The van der Waals surface area contributed by atoms with Gasteiger partial charge < -0.3 is 11.1 Å². The average molecular weight is 235 g/mol. The largest absolute Gasteiger partial charge is 0.389 e. The molecule has 1 aromatic rings. The summed E-state index contributed by atoms with van der Waals surface area (Å²) in [7, 11) is 0. The van der Waals surface area contributed by atoms with Crippen LogP contribution in [0.2, 0.25) is 0 Å². The van der Waals surface area contributed by atoms with E-state index in [4.69, 9.17) is 18.0 Å². The number of thiocarbonyl (C=S) groups is 1. The number of hydrogen-bond acceptors (Lipinski definition) is 3. The van der Waals surface area contributed by atoms with Gasteiger partial charge in [-0.1, -0.05) is 19.1 Å². The summed E-state index contributed by atoms with van der Waals surface area (Å²) in [4.78, 5) is 5.06. The lowest BCUT2D eigenvalue weighted by molar-refractivity contribution is 0.897. The molecular formula is C12H17N3S. The Hall–Kier alpha value is -1.16. The van der Waals surface area contributed by atoms with Gasteiger partial charge >= 0.3 is 0 Å². The van der Waals surface area contributed by atoms with E-state index < -0.39 is 0 Å². The molecule has 0 atom stereocenters. The number of anilines is 1. The Morgan fingerprint density at radius 2 is 2.38 bits per heavy atom. The van der Waals surface area contributed by atoms with Gasteiger partial charge in [-0.05, 0) is 37.3 Å². The smallest absolute Gasteiger partial charge is 0.136 e. The third-order valence-electron chi connectivity index (χ3n) is 2.86. The van der Waals surface area contributed by atoms with E-state index >= 15 is 0 Å². The number of nitrogens with zero attached hydrogens (tertiary/aromatic N) is 1. The zero-order valence-electron chi connectivity index (χ0n) is 9.55. The van der Waals surface area contributed by atoms with E-state index in [0.29, 0.717) is 4.99 Å². The van der Waals surface area contributed by atoms with Crippen LogP contribution in [0.1, 0.15) is 36.6 Å². The standard InChI is InChI=1S/C12H17N3S/c1-2-6-14-12-9(11(13)16)7-8-4-3-5-10(8)15-12/h7H,2-6H2,1H3,(H2,13,16)(H,14,15). The van der Waals surface area contributed by atoms with Crippen molar-refractivity contribution in [3.63, 3.8) is 0 Å². The predicted molar refractivity (Wildman–Crippen MR) is 70.9 cm³/mol. The molecule has 0 amide bonds. The minimum Gasteiger partial charge on any atom is -0.389 e. The molecule has 0 unspecified atom stereocenters. The number of rotatable bonds is 4. The molecule has 16 heavy (non-hydrogen) atoms. The first-order valence-electron chi connectivity index (χ1n) is 5.79. The number of nitrogens with one attached hydrogen (secondary N) is 1. The second-order valence-electron chi connectivity index (χ2n) is 4.13. The number of pyridine rings is 1. The van der Waals surface area contributed by atoms with Crippen molar-refractivity contribution in [3.8, 4) is 0 Å². The van der Waals surface area contributed by atoms with E-state index in [9.17, 15) is 0 Å². The van der Waals surface area contributed by atoms with Crippen LogP contribution in [-0.2, 0) is 12.8 Å². The van der Waals surface area contributed by atoms with Crippen LogP contribution in [-0.4, -0.2) is 16.5 Å². The quantitative estimate of drug-likeness (QED) is 0.784. The van der Waals surface area contributed by atoms with Crippen LogP contribution >= 0.6 is 12.2 Å². The lowest BCUT2D eigenvalue weighted by atomic mass is 10.1. The number of hydrogen-bond donors (Lipinski definition) is 2. The zero-order chi connectivity index (χ0) is 11.5. The van der Waals surface area contributed by atoms with Gasteiger partial charge in [0.05, 0.1) is 5.56 Å². The topological polar surface area (TPSA) is 50.9 Å².